The molecule has 0 aliphatic carbocycles. The first-order valence-corrected chi connectivity index (χ1v) is 6.65. The van der Waals surface area contributed by atoms with Crippen LogP contribution in [-0.4, -0.2) is 11.5 Å². The number of rotatable bonds is 4. The standard InChI is InChI=1S/C11H12BrN3S/c12-10-5-8(13)1-2-11(10)14-4-3-9-6-16-7-15-9/h1-2,5-7,14H,3-4,13H2. The highest BCUT2D eigenvalue weighted by molar-refractivity contribution is 9.10. The lowest BCUT2D eigenvalue weighted by Crippen LogP contribution is -2.05. The van der Waals surface area contributed by atoms with Crippen molar-refractivity contribution in [1.82, 2.24) is 4.98 Å². The molecule has 0 aliphatic rings. The second kappa shape index (κ2) is 5.32. The van der Waals surface area contributed by atoms with Crippen LogP contribution in [0.2, 0.25) is 0 Å². The molecule has 2 rings (SSSR count). The van der Waals surface area contributed by atoms with E-state index in [0.29, 0.717) is 0 Å². The predicted molar refractivity (Wildman–Crippen MR) is 72.9 cm³/mol. The molecule has 0 radical (unpaired) electrons. The van der Waals surface area contributed by atoms with Crippen molar-refractivity contribution in [2.45, 2.75) is 6.42 Å². The van der Waals surface area contributed by atoms with Crippen LogP contribution in [-0.2, 0) is 6.42 Å². The second-order valence-electron chi connectivity index (χ2n) is 3.40. The van der Waals surface area contributed by atoms with Gasteiger partial charge in [0.2, 0.25) is 0 Å². The fourth-order valence-electron chi connectivity index (χ4n) is 1.36. The highest BCUT2D eigenvalue weighted by atomic mass is 79.9. The number of thiazole rings is 1. The summed E-state index contributed by atoms with van der Waals surface area (Å²) in [7, 11) is 0. The maximum absolute atomic E-state index is 5.67. The molecule has 0 saturated carbocycles. The summed E-state index contributed by atoms with van der Waals surface area (Å²) in [5.41, 5.74) is 10.5. The summed E-state index contributed by atoms with van der Waals surface area (Å²) in [5.74, 6) is 0. The Morgan fingerprint density at radius 2 is 2.31 bits per heavy atom. The minimum atomic E-state index is 0.761. The van der Waals surface area contributed by atoms with Gasteiger partial charge in [-0.1, -0.05) is 0 Å². The monoisotopic (exact) mass is 297 g/mol. The third kappa shape index (κ3) is 2.96. The van der Waals surface area contributed by atoms with Crippen molar-refractivity contribution in [3.63, 3.8) is 0 Å². The van der Waals surface area contributed by atoms with Gasteiger partial charge in [-0.05, 0) is 34.1 Å². The van der Waals surface area contributed by atoms with E-state index in [1.165, 1.54) is 0 Å². The van der Waals surface area contributed by atoms with Crippen LogP contribution in [0.25, 0.3) is 0 Å². The number of aromatic nitrogens is 1. The highest BCUT2D eigenvalue weighted by Crippen LogP contribution is 2.24. The maximum Gasteiger partial charge on any atom is 0.0794 e. The molecule has 0 fully saturated rings. The number of anilines is 2. The first-order valence-electron chi connectivity index (χ1n) is 4.91. The average Bonchev–Trinajstić information content (AvgIpc) is 2.74. The Kier molecular flexibility index (Phi) is 3.79. The van der Waals surface area contributed by atoms with Gasteiger partial charge in [0.1, 0.15) is 0 Å². The lowest BCUT2D eigenvalue weighted by molar-refractivity contribution is 0.976. The maximum atomic E-state index is 5.67. The number of nitrogens with zero attached hydrogens (tertiary/aromatic N) is 1. The van der Waals surface area contributed by atoms with Crippen molar-refractivity contribution < 1.29 is 0 Å². The molecule has 0 aliphatic heterocycles. The minimum absolute atomic E-state index is 0.761. The second-order valence-corrected chi connectivity index (χ2v) is 4.97. The SMILES string of the molecule is Nc1ccc(NCCc2cscn2)c(Br)c1. The van der Waals surface area contributed by atoms with E-state index in [0.717, 1.165) is 34.5 Å². The summed E-state index contributed by atoms with van der Waals surface area (Å²) in [6, 6.07) is 5.75. The summed E-state index contributed by atoms with van der Waals surface area (Å²) in [6.07, 6.45) is 0.931. The Balaban J connectivity index is 1.90. The lowest BCUT2D eigenvalue weighted by Gasteiger charge is -2.08. The van der Waals surface area contributed by atoms with Gasteiger partial charge >= 0.3 is 0 Å². The van der Waals surface area contributed by atoms with Crippen LogP contribution in [0, 0.1) is 0 Å². The molecule has 3 nitrogen and oxygen atoms in total. The highest BCUT2D eigenvalue weighted by Gasteiger charge is 2.00. The zero-order valence-corrected chi connectivity index (χ0v) is 11.0. The molecule has 0 atom stereocenters. The largest absolute Gasteiger partial charge is 0.399 e. The van der Waals surface area contributed by atoms with Crippen molar-refractivity contribution in [3.8, 4) is 0 Å². The molecule has 0 bridgehead atoms. The minimum Gasteiger partial charge on any atom is -0.399 e. The number of benzene rings is 1. The Labute approximate surface area is 107 Å². The molecule has 0 amide bonds. The summed E-state index contributed by atoms with van der Waals surface area (Å²) in [4.78, 5) is 4.23. The van der Waals surface area contributed by atoms with Gasteiger partial charge in [0.15, 0.2) is 0 Å². The Hall–Kier alpha value is -1.07. The number of hydrogen-bond donors (Lipinski definition) is 2. The fourth-order valence-corrected chi connectivity index (χ4v) is 2.49. The van der Waals surface area contributed by atoms with Gasteiger partial charge in [-0.3, -0.25) is 0 Å². The van der Waals surface area contributed by atoms with E-state index in [1.807, 2.05) is 23.7 Å². The molecule has 0 spiro atoms. The lowest BCUT2D eigenvalue weighted by atomic mass is 10.2. The summed E-state index contributed by atoms with van der Waals surface area (Å²) >= 11 is 5.10. The average molecular weight is 298 g/mol. The molecule has 3 N–H and O–H groups in total. The molecular formula is C11H12BrN3S. The van der Waals surface area contributed by atoms with Crippen LogP contribution in [0.4, 0.5) is 11.4 Å². The first-order chi connectivity index (χ1) is 7.75. The van der Waals surface area contributed by atoms with Crippen molar-refractivity contribution >= 4 is 38.6 Å². The van der Waals surface area contributed by atoms with Gasteiger partial charge in [0.05, 0.1) is 11.2 Å². The van der Waals surface area contributed by atoms with E-state index in [1.54, 1.807) is 11.3 Å². The van der Waals surface area contributed by atoms with Crippen molar-refractivity contribution in [2.24, 2.45) is 0 Å². The van der Waals surface area contributed by atoms with Crippen molar-refractivity contribution in [3.05, 3.63) is 39.3 Å². The Bertz CT molecular complexity index is 456. The van der Waals surface area contributed by atoms with Crippen LogP contribution in [0.5, 0.6) is 0 Å². The van der Waals surface area contributed by atoms with E-state index in [2.05, 4.69) is 31.6 Å². The van der Waals surface area contributed by atoms with Gasteiger partial charge in [0, 0.05) is 34.2 Å². The summed E-state index contributed by atoms with van der Waals surface area (Å²) in [6.45, 7) is 0.867. The Morgan fingerprint density at radius 1 is 1.44 bits per heavy atom. The molecule has 16 heavy (non-hydrogen) atoms. The van der Waals surface area contributed by atoms with Crippen LogP contribution in [0.15, 0.2) is 33.6 Å². The van der Waals surface area contributed by atoms with E-state index < -0.39 is 0 Å². The molecule has 1 heterocycles. The molecule has 1 aromatic carbocycles. The molecule has 0 unspecified atom stereocenters. The van der Waals surface area contributed by atoms with Crippen LogP contribution < -0.4 is 11.1 Å². The van der Waals surface area contributed by atoms with Gasteiger partial charge < -0.3 is 11.1 Å². The summed E-state index contributed by atoms with van der Waals surface area (Å²) < 4.78 is 0.991. The first kappa shape index (κ1) is 11.4. The van der Waals surface area contributed by atoms with Crippen molar-refractivity contribution in [2.75, 3.05) is 17.6 Å². The Morgan fingerprint density at radius 3 is 3.00 bits per heavy atom. The zero-order chi connectivity index (χ0) is 11.4. The summed E-state index contributed by atoms with van der Waals surface area (Å²) in [5, 5.41) is 5.41. The van der Waals surface area contributed by atoms with E-state index in [4.69, 9.17) is 5.73 Å². The van der Waals surface area contributed by atoms with Gasteiger partial charge in [-0.15, -0.1) is 11.3 Å². The number of hydrogen-bond acceptors (Lipinski definition) is 4. The van der Waals surface area contributed by atoms with Crippen LogP contribution in [0.3, 0.4) is 0 Å². The quantitative estimate of drug-likeness (QED) is 0.853. The number of halogens is 1. The molecule has 1 aromatic heterocycles. The molecular weight excluding hydrogens is 286 g/mol. The zero-order valence-electron chi connectivity index (χ0n) is 8.61. The van der Waals surface area contributed by atoms with E-state index >= 15 is 0 Å². The van der Waals surface area contributed by atoms with Gasteiger partial charge in [-0.25, -0.2) is 4.98 Å². The van der Waals surface area contributed by atoms with E-state index in [-0.39, 0.29) is 0 Å². The third-order valence-electron chi connectivity index (χ3n) is 2.17. The van der Waals surface area contributed by atoms with Gasteiger partial charge in [-0.2, -0.15) is 0 Å². The van der Waals surface area contributed by atoms with Gasteiger partial charge in [0.25, 0.3) is 0 Å². The fraction of sp³-hybridized carbons (Fsp3) is 0.182. The van der Waals surface area contributed by atoms with Crippen molar-refractivity contribution in [1.29, 1.82) is 0 Å². The van der Waals surface area contributed by atoms with Crippen LogP contribution in [0.1, 0.15) is 5.69 Å². The molecule has 84 valence electrons. The molecule has 0 saturated heterocycles. The third-order valence-corrected chi connectivity index (χ3v) is 3.46. The number of nitrogens with two attached hydrogens (primary N) is 1. The molecule has 2 aromatic rings. The normalized spacial score (nSPS) is 10.3. The van der Waals surface area contributed by atoms with Crippen LogP contribution >= 0.6 is 27.3 Å². The molecule has 5 heteroatoms. The number of nitrogen functional groups attached to an aromatic ring is 1. The number of nitrogens with one attached hydrogen (secondary N) is 1. The van der Waals surface area contributed by atoms with E-state index in [9.17, 15) is 0 Å². The smallest absolute Gasteiger partial charge is 0.0794 e. The predicted octanol–water partition coefficient (Wildman–Crippen LogP) is 3.14. The topological polar surface area (TPSA) is 50.9 Å².